The van der Waals surface area contributed by atoms with Crippen LogP contribution in [0.15, 0.2) is 12.1 Å². The second-order valence-electron chi connectivity index (χ2n) is 4.71. The predicted molar refractivity (Wildman–Crippen MR) is 73.7 cm³/mol. The zero-order chi connectivity index (χ0) is 12.8. The molecule has 1 atom stereocenters. The van der Waals surface area contributed by atoms with Crippen LogP contribution in [0.5, 0.6) is 5.75 Å². The van der Waals surface area contributed by atoms with Gasteiger partial charge in [0.15, 0.2) is 0 Å². The molecule has 2 heteroatoms. The quantitative estimate of drug-likeness (QED) is 0.821. The van der Waals surface area contributed by atoms with E-state index in [9.17, 15) is 0 Å². The summed E-state index contributed by atoms with van der Waals surface area (Å²) >= 11 is 0. The number of ether oxygens (including phenoxy) is 1. The monoisotopic (exact) mass is 235 g/mol. The fraction of sp³-hybridized carbons (Fsp3) is 0.600. The summed E-state index contributed by atoms with van der Waals surface area (Å²) in [5.74, 6) is 0.989. The molecule has 0 aliphatic rings. The summed E-state index contributed by atoms with van der Waals surface area (Å²) in [5.41, 5.74) is 10.00. The Morgan fingerprint density at radius 1 is 1.24 bits per heavy atom. The molecule has 0 heterocycles. The first-order chi connectivity index (χ1) is 8.12. The molecule has 0 amide bonds. The van der Waals surface area contributed by atoms with Crippen LogP contribution >= 0.6 is 0 Å². The van der Waals surface area contributed by atoms with Gasteiger partial charge in [0.25, 0.3) is 0 Å². The molecule has 0 aliphatic carbocycles. The average molecular weight is 235 g/mol. The number of benzene rings is 1. The van der Waals surface area contributed by atoms with Crippen LogP contribution in [-0.4, -0.2) is 13.2 Å². The maximum absolute atomic E-state index is 6.02. The summed E-state index contributed by atoms with van der Waals surface area (Å²) in [6.07, 6.45) is 4.17. The molecule has 0 fully saturated rings. The van der Waals surface area contributed by atoms with Crippen LogP contribution in [0.3, 0.4) is 0 Å². The minimum absolute atomic E-state index is 0.223. The van der Waals surface area contributed by atoms with Crippen molar-refractivity contribution in [3.63, 3.8) is 0 Å². The van der Waals surface area contributed by atoms with Gasteiger partial charge in [0.1, 0.15) is 5.75 Å². The Bertz CT molecular complexity index is 360. The van der Waals surface area contributed by atoms with E-state index in [-0.39, 0.29) is 6.04 Å². The molecule has 1 rings (SSSR count). The fourth-order valence-electron chi connectivity index (χ4n) is 2.10. The molecule has 0 aromatic heterocycles. The Balaban J connectivity index is 3.00. The van der Waals surface area contributed by atoms with Crippen molar-refractivity contribution in [2.24, 2.45) is 5.73 Å². The van der Waals surface area contributed by atoms with E-state index in [0.29, 0.717) is 0 Å². The van der Waals surface area contributed by atoms with Crippen molar-refractivity contribution in [3.8, 4) is 5.75 Å². The molecule has 0 radical (unpaired) electrons. The lowest BCUT2D eigenvalue weighted by Crippen LogP contribution is -2.21. The zero-order valence-electron chi connectivity index (χ0n) is 11.5. The van der Waals surface area contributed by atoms with Gasteiger partial charge in [0, 0.05) is 6.04 Å². The average Bonchev–Trinajstić information content (AvgIpc) is 2.32. The fourth-order valence-corrected chi connectivity index (χ4v) is 2.10. The third-order valence-electron chi connectivity index (χ3n) is 3.26. The highest BCUT2D eigenvalue weighted by Crippen LogP contribution is 2.25. The number of rotatable bonds is 6. The first-order valence-electron chi connectivity index (χ1n) is 6.54. The van der Waals surface area contributed by atoms with Gasteiger partial charge in [-0.3, -0.25) is 0 Å². The van der Waals surface area contributed by atoms with Crippen LogP contribution in [0.2, 0.25) is 0 Å². The Morgan fingerprint density at radius 3 is 2.47 bits per heavy atom. The normalized spacial score (nSPS) is 12.5. The van der Waals surface area contributed by atoms with Crippen LogP contribution in [0.25, 0.3) is 0 Å². The molecule has 2 nitrogen and oxygen atoms in total. The first-order valence-corrected chi connectivity index (χ1v) is 6.54. The highest BCUT2D eigenvalue weighted by Gasteiger charge is 2.10. The predicted octanol–water partition coefficient (Wildman–Crippen LogP) is 3.24. The minimum Gasteiger partial charge on any atom is -0.496 e. The molecule has 17 heavy (non-hydrogen) atoms. The smallest absolute Gasteiger partial charge is 0.122 e. The van der Waals surface area contributed by atoms with Crippen LogP contribution in [0, 0.1) is 6.92 Å². The van der Waals surface area contributed by atoms with Crippen LogP contribution in [0.1, 0.15) is 43.4 Å². The van der Waals surface area contributed by atoms with E-state index in [1.807, 2.05) is 0 Å². The van der Waals surface area contributed by atoms with Gasteiger partial charge in [-0.05, 0) is 48.9 Å². The lowest BCUT2D eigenvalue weighted by Gasteiger charge is -2.16. The van der Waals surface area contributed by atoms with Crippen molar-refractivity contribution in [2.45, 2.75) is 52.5 Å². The number of hydrogen-bond acceptors (Lipinski definition) is 2. The highest BCUT2D eigenvalue weighted by atomic mass is 16.5. The maximum Gasteiger partial charge on any atom is 0.122 e. The topological polar surface area (TPSA) is 35.2 Å². The van der Waals surface area contributed by atoms with Gasteiger partial charge in [-0.1, -0.05) is 26.3 Å². The van der Waals surface area contributed by atoms with E-state index < -0.39 is 0 Å². The lowest BCUT2D eigenvalue weighted by molar-refractivity contribution is 0.407. The standard InChI is InChI=1S/C15H25NO/c1-5-7-12-10-15(17-4)13(8-11(12)3)9-14(16)6-2/h8,10,14H,5-7,9,16H2,1-4H3/t14-/m1/s1. The van der Waals surface area contributed by atoms with Crippen molar-refractivity contribution in [2.75, 3.05) is 7.11 Å². The summed E-state index contributed by atoms with van der Waals surface area (Å²) in [5, 5.41) is 0. The Kier molecular flexibility index (Phi) is 5.49. The van der Waals surface area contributed by atoms with Gasteiger partial charge in [0.2, 0.25) is 0 Å². The van der Waals surface area contributed by atoms with Gasteiger partial charge >= 0.3 is 0 Å². The zero-order valence-corrected chi connectivity index (χ0v) is 11.5. The maximum atomic E-state index is 6.02. The molecule has 1 aromatic carbocycles. The van der Waals surface area contributed by atoms with Gasteiger partial charge in [-0.2, -0.15) is 0 Å². The lowest BCUT2D eigenvalue weighted by atomic mass is 9.96. The van der Waals surface area contributed by atoms with E-state index >= 15 is 0 Å². The third kappa shape index (κ3) is 3.74. The Morgan fingerprint density at radius 2 is 1.94 bits per heavy atom. The van der Waals surface area contributed by atoms with E-state index in [1.54, 1.807) is 7.11 Å². The molecular weight excluding hydrogens is 210 g/mol. The molecule has 96 valence electrons. The van der Waals surface area contributed by atoms with Gasteiger partial charge in [-0.25, -0.2) is 0 Å². The van der Waals surface area contributed by atoms with Crippen molar-refractivity contribution < 1.29 is 4.74 Å². The minimum atomic E-state index is 0.223. The van der Waals surface area contributed by atoms with Crippen LogP contribution < -0.4 is 10.5 Å². The number of hydrogen-bond donors (Lipinski definition) is 1. The van der Waals surface area contributed by atoms with Crippen molar-refractivity contribution in [3.05, 3.63) is 28.8 Å². The largest absolute Gasteiger partial charge is 0.496 e. The van der Waals surface area contributed by atoms with Crippen molar-refractivity contribution in [1.82, 2.24) is 0 Å². The van der Waals surface area contributed by atoms with Gasteiger partial charge in [0.05, 0.1) is 7.11 Å². The van der Waals surface area contributed by atoms with Gasteiger partial charge < -0.3 is 10.5 Å². The Labute approximate surface area is 105 Å². The highest BCUT2D eigenvalue weighted by molar-refractivity contribution is 5.42. The second-order valence-corrected chi connectivity index (χ2v) is 4.71. The molecule has 0 spiro atoms. The Hall–Kier alpha value is -1.02. The van der Waals surface area contributed by atoms with Crippen LogP contribution in [-0.2, 0) is 12.8 Å². The molecule has 0 saturated heterocycles. The first kappa shape index (κ1) is 14.0. The molecule has 0 bridgehead atoms. The molecule has 0 unspecified atom stereocenters. The number of methoxy groups -OCH3 is 1. The van der Waals surface area contributed by atoms with Crippen LogP contribution in [0.4, 0.5) is 0 Å². The summed E-state index contributed by atoms with van der Waals surface area (Å²) in [4.78, 5) is 0. The molecule has 0 saturated carbocycles. The van der Waals surface area contributed by atoms with E-state index in [2.05, 4.69) is 32.9 Å². The number of aryl methyl sites for hydroxylation is 2. The van der Waals surface area contributed by atoms with E-state index in [4.69, 9.17) is 10.5 Å². The van der Waals surface area contributed by atoms with Crippen molar-refractivity contribution >= 4 is 0 Å². The summed E-state index contributed by atoms with van der Waals surface area (Å²) in [7, 11) is 1.74. The summed E-state index contributed by atoms with van der Waals surface area (Å²) in [6.45, 7) is 6.49. The van der Waals surface area contributed by atoms with E-state index in [1.165, 1.54) is 16.7 Å². The third-order valence-corrected chi connectivity index (χ3v) is 3.26. The summed E-state index contributed by atoms with van der Waals surface area (Å²) < 4.78 is 5.48. The summed E-state index contributed by atoms with van der Waals surface area (Å²) in [6, 6.07) is 4.64. The SMILES string of the molecule is CCCc1cc(OC)c(C[C@H](N)CC)cc1C. The van der Waals surface area contributed by atoms with Gasteiger partial charge in [-0.15, -0.1) is 0 Å². The molecule has 2 N–H and O–H groups in total. The molecule has 1 aromatic rings. The molecule has 0 aliphatic heterocycles. The molecular formula is C15H25NO. The van der Waals surface area contributed by atoms with E-state index in [0.717, 1.165) is 31.4 Å². The number of nitrogens with two attached hydrogens (primary N) is 1. The second kappa shape index (κ2) is 6.65. The van der Waals surface area contributed by atoms with Crippen molar-refractivity contribution in [1.29, 1.82) is 0 Å².